The second-order valence-electron chi connectivity index (χ2n) is 3.22. The average Bonchev–Trinajstić information content (AvgIpc) is 2.57. The topological polar surface area (TPSA) is 68.3 Å². The number of aromatic nitrogens is 1. The van der Waals surface area contributed by atoms with E-state index in [1.807, 2.05) is 13.8 Å². The van der Waals surface area contributed by atoms with E-state index in [-0.39, 0.29) is 24.8 Å². The molecule has 1 heterocycles. The Morgan fingerprint density at radius 1 is 1.44 bits per heavy atom. The summed E-state index contributed by atoms with van der Waals surface area (Å²) in [5.74, 6) is -0.586. The summed E-state index contributed by atoms with van der Waals surface area (Å²) in [4.78, 5) is 27.4. The Balaban J connectivity index is 2.47. The van der Waals surface area contributed by atoms with Crippen molar-refractivity contribution in [3.8, 4) is 0 Å². The van der Waals surface area contributed by atoms with Crippen molar-refractivity contribution in [2.45, 2.75) is 20.3 Å². The Labute approximate surface area is 97.8 Å². The molecule has 0 saturated heterocycles. The van der Waals surface area contributed by atoms with E-state index in [1.54, 1.807) is 0 Å². The largest absolute Gasteiger partial charge is 0.469 e. The van der Waals surface area contributed by atoms with Crippen LogP contribution in [0.25, 0.3) is 0 Å². The van der Waals surface area contributed by atoms with Crippen LogP contribution in [0.1, 0.15) is 26.8 Å². The van der Waals surface area contributed by atoms with Crippen molar-refractivity contribution < 1.29 is 14.3 Å². The monoisotopic (exact) mass is 242 g/mol. The summed E-state index contributed by atoms with van der Waals surface area (Å²) in [6.45, 7) is 3.96. The maximum absolute atomic E-state index is 11.6. The number of aryl methyl sites for hydroxylation is 2. The molecular formula is C10H14N2O3S. The van der Waals surface area contributed by atoms with Gasteiger partial charge in [0.2, 0.25) is 0 Å². The summed E-state index contributed by atoms with van der Waals surface area (Å²) in [5, 5.41) is 3.48. The minimum Gasteiger partial charge on any atom is -0.469 e. The van der Waals surface area contributed by atoms with Crippen molar-refractivity contribution in [2.75, 3.05) is 13.7 Å². The first kappa shape index (κ1) is 12.6. The second-order valence-corrected chi connectivity index (χ2v) is 4.63. The molecule has 5 nitrogen and oxygen atoms in total. The molecular weight excluding hydrogens is 228 g/mol. The van der Waals surface area contributed by atoms with Crippen molar-refractivity contribution in [1.82, 2.24) is 10.3 Å². The highest BCUT2D eigenvalue weighted by atomic mass is 32.1. The molecule has 0 aliphatic heterocycles. The molecule has 0 atom stereocenters. The van der Waals surface area contributed by atoms with Crippen LogP contribution in [0.2, 0.25) is 0 Å². The van der Waals surface area contributed by atoms with Gasteiger partial charge in [0, 0.05) is 11.4 Å². The summed E-state index contributed by atoms with van der Waals surface area (Å²) in [7, 11) is 1.32. The van der Waals surface area contributed by atoms with Crippen molar-refractivity contribution in [1.29, 1.82) is 0 Å². The molecule has 1 amide bonds. The third-order valence-corrected chi connectivity index (χ3v) is 2.85. The van der Waals surface area contributed by atoms with E-state index in [1.165, 1.54) is 18.4 Å². The number of nitrogens with one attached hydrogen (secondary N) is 1. The maximum atomic E-state index is 11.6. The van der Waals surface area contributed by atoms with E-state index in [0.717, 1.165) is 9.88 Å². The molecule has 88 valence electrons. The second kappa shape index (κ2) is 5.60. The highest BCUT2D eigenvalue weighted by molar-refractivity contribution is 7.11. The maximum Gasteiger partial charge on any atom is 0.307 e. The van der Waals surface area contributed by atoms with E-state index in [9.17, 15) is 9.59 Å². The summed E-state index contributed by atoms with van der Waals surface area (Å²) >= 11 is 1.48. The van der Waals surface area contributed by atoms with Gasteiger partial charge in [-0.25, -0.2) is 4.98 Å². The van der Waals surface area contributed by atoms with Gasteiger partial charge in [-0.3, -0.25) is 9.59 Å². The number of nitrogens with zero attached hydrogens (tertiary/aromatic N) is 1. The van der Waals surface area contributed by atoms with Gasteiger partial charge in [-0.2, -0.15) is 0 Å². The first-order chi connectivity index (χ1) is 7.54. The molecule has 1 rings (SSSR count). The third-order valence-electron chi connectivity index (χ3n) is 1.96. The van der Waals surface area contributed by atoms with Crippen LogP contribution < -0.4 is 5.32 Å². The zero-order chi connectivity index (χ0) is 12.1. The van der Waals surface area contributed by atoms with Crippen LogP contribution >= 0.6 is 11.3 Å². The predicted molar refractivity (Wildman–Crippen MR) is 60.6 cm³/mol. The number of methoxy groups -OCH3 is 1. The Hall–Kier alpha value is -1.43. The Bertz CT molecular complexity index is 401. The number of amides is 1. The van der Waals surface area contributed by atoms with Crippen LogP contribution in [0.4, 0.5) is 0 Å². The molecule has 6 heteroatoms. The number of carbonyl (C=O) groups is 2. The Kier molecular flexibility index (Phi) is 4.42. The van der Waals surface area contributed by atoms with Crippen LogP contribution in [0.15, 0.2) is 0 Å². The first-order valence-corrected chi connectivity index (χ1v) is 5.65. The van der Waals surface area contributed by atoms with Gasteiger partial charge in [-0.15, -0.1) is 11.3 Å². The molecule has 0 aromatic carbocycles. The molecule has 0 fully saturated rings. The lowest BCUT2D eigenvalue weighted by molar-refractivity contribution is -0.140. The molecule has 0 bridgehead atoms. The van der Waals surface area contributed by atoms with E-state index in [4.69, 9.17) is 0 Å². The van der Waals surface area contributed by atoms with Crippen LogP contribution in [0.3, 0.4) is 0 Å². The molecule has 0 aliphatic rings. The van der Waals surface area contributed by atoms with Gasteiger partial charge in [0.15, 0.2) is 0 Å². The van der Waals surface area contributed by atoms with Gasteiger partial charge in [0.25, 0.3) is 5.91 Å². The van der Waals surface area contributed by atoms with Crippen LogP contribution in [-0.2, 0) is 9.53 Å². The molecule has 16 heavy (non-hydrogen) atoms. The first-order valence-electron chi connectivity index (χ1n) is 4.83. The standard InChI is InChI=1S/C10H14N2O3S/c1-6-9(12-7(2)16-6)10(14)11-5-4-8(13)15-3/h4-5H2,1-3H3,(H,11,14). The number of hydrogen-bond acceptors (Lipinski definition) is 5. The van der Waals surface area contributed by atoms with E-state index in [0.29, 0.717) is 5.69 Å². The quantitative estimate of drug-likeness (QED) is 0.801. The zero-order valence-electron chi connectivity index (χ0n) is 9.49. The molecule has 0 spiro atoms. The molecule has 0 aliphatic carbocycles. The number of carbonyl (C=O) groups excluding carboxylic acids is 2. The smallest absolute Gasteiger partial charge is 0.307 e. The number of hydrogen-bond donors (Lipinski definition) is 1. The van der Waals surface area contributed by atoms with E-state index >= 15 is 0 Å². The van der Waals surface area contributed by atoms with Crippen molar-refractivity contribution >= 4 is 23.2 Å². The number of thiazole rings is 1. The number of ether oxygens (including phenoxy) is 1. The third kappa shape index (κ3) is 3.30. The van der Waals surface area contributed by atoms with Crippen LogP contribution in [0.5, 0.6) is 0 Å². The lowest BCUT2D eigenvalue weighted by Crippen LogP contribution is -2.27. The highest BCUT2D eigenvalue weighted by Gasteiger charge is 2.13. The summed E-state index contributed by atoms with van der Waals surface area (Å²) in [6.07, 6.45) is 0.171. The minimum absolute atomic E-state index is 0.171. The minimum atomic E-state index is -0.341. The normalized spacial score (nSPS) is 9.94. The van der Waals surface area contributed by atoms with Crippen LogP contribution in [-0.4, -0.2) is 30.5 Å². The molecule has 0 unspecified atom stereocenters. The average molecular weight is 242 g/mol. The summed E-state index contributed by atoms with van der Waals surface area (Å²) in [5.41, 5.74) is 0.437. The lowest BCUT2D eigenvalue weighted by atomic mass is 10.3. The van der Waals surface area contributed by atoms with Gasteiger partial charge >= 0.3 is 5.97 Å². The van der Waals surface area contributed by atoms with Gasteiger partial charge in [-0.05, 0) is 13.8 Å². The predicted octanol–water partition coefficient (Wildman–Crippen LogP) is 1.05. The SMILES string of the molecule is COC(=O)CCNC(=O)c1nc(C)sc1C. The molecule has 1 aromatic rings. The van der Waals surface area contributed by atoms with Crippen LogP contribution in [0, 0.1) is 13.8 Å². The number of esters is 1. The van der Waals surface area contributed by atoms with Gasteiger partial charge in [0.1, 0.15) is 5.69 Å². The fourth-order valence-corrected chi connectivity index (χ4v) is 2.02. The van der Waals surface area contributed by atoms with Gasteiger partial charge in [-0.1, -0.05) is 0 Å². The highest BCUT2D eigenvalue weighted by Crippen LogP contribution is 2.15. The van der Waals surface area contributed by atoms with Gasteiger partial charge in [0.05, 0.1) is 18.5 Å². The molecule has 1 N–H and O–H groups in total. The van der Waals surface area contributed by atoms with Crippen molar-refractivity contribution in [3.63, 3.8) is 0 Å². The van der Waals surface area contributed by atoms with Crippen molar-refractivity contribution in [2.24, 2.45) is 0 Å². The van der Waals surface area contributed by atoms with Crippen molar-refractivity contribution in [3.05, 3.63) is 15.6 Å². The summed E-state index contributed by atoms with van der Waals surface area (Å²) < 4.78 is 4.46. The van der Waals surface area contributed by atoms with Gasteiger partial charge < -0.3 is 10.1 Å². The number of rotatable bonds is 4. The Morgan fingerprint density at radius 2 is 2.12 bits per heavy atom. The zero-order valence-corrected chi connectivity index (χ0v) is 10.3. The molecule has 0 radical (unpaired) electrons. The Morgan fingerprint density at radius 3 is 2.62 bits per heavy atom. The lowest BCUT2D eigenvalue weighted by Gasteiger charge is -2.02. The molecule has 0 saturated carbocycles. The fourth-order valence-electron chi connectivity index (χ4n) is 1.20. The fraction of sp³-hybridized carbons (Fsp3) is 0.500. The van der Waals surface area contributed by atoms with E-state index < -0.39 is 0 Å². The van der Waals surface area contributed by atoms with E-state index in [2.05, 4.69) is 15.0 Å². The molecule has 1 aromatic heterocycles. The summed E-state index contributed by atoms with van der Waals surface area (Å²) in [6, 6.07) is 0.